The van der Waals surface area contributed by atoms with Gasteiger partial charge in [-0.1, -0.05) is 37.3 Å². The molecule has 83 valence electrons. The molecule has 1 unspecified atom stereocenters. The van der Waals surface area contributed by atoms with E-state index in [2.05, 4.69) is 6.08 Å². The maximum atomic E-state index is 10.5. The van der Waals surface area contributed by atoms with Crippen molar-refractivity contribution in [2.24, 2.45) is 0 Å². The van der Waals surface area contributed by atoms with Crippen molar-refractivity contribution >= 4 is 0 Å². The van der Waals surface area contributed by atoms with Gasteiger partial charge in [0, 0.05) is 17.1 Å². The summed E-state index contributed by atoms with van der Waals surface area (Å²) in [4.78, 5) is 0. The molecule has 1 aromatic rings. The standard InChI is InChI=1S/C14H13O.Mn/c1-2-7-12-10-6-11-14(12,15)13-8-4-3-5-9-13;/h2-9,11,15H,1H3;/q-1;. The van der Waals surface area contributed by atoms with Gasteiger partial charge in [0.25, 0.3) is 0 Å². The monoisotopic (exact) mass is 252 g/mol. The van der Waals surface area contributed by atoms with Gasteiger partial charge in [0.05, 0.1) is 5.60 Å². The fourth-order valence-corrected chi connectivity index (χ4v) is 1.74. The van der Waals surface area contributed by atoms with E-state index in [1.807, 2.05) is 49.4 Å². The summed E-state index contributed by atoms with van der Waals surface area (Å²) in [6.45, 7) is 1.93. The topological polar surface area (TPSA) is 20.2 Å². The first-order chi connectivity index (χ1) is 7.27. The van der Waals surface area contributed by atoms with Crippen molar-refractivity contribution in [2.75, 3.05) is 0 Å². The van der Waals surface area contributed by atoms with Gasteiger partial charge in [0.15, 0.2) is 0 Å². The minimum Gasteiger partial charge on any atom is -0.391 e. The molecule has 1 aromatic carbocycles. The summed E-state index contributed by atoms with van der Waals surface area (Å²) in [5, 5.41) is 10.5. The molecule has 0 fully saturated rings. The van der Waals surface area contributed by atoms with Crippen LogP contribution in [-0.2, 0) is 22.7 Å². The van der Waals surface area contributed by atoms with E-state index in [4.69, 9.17) is 0 Å². The Kier molecular flexibility index (Phi) is 4.31. The molecule has 0 spiro atoms. The molecule has 1 radical (unpaired) electrons. The molecule has 0 heterocycles. The first-order valence-electron chi connectivity index (χ1n) is 4.99. The van der Waals surface area contributed by atoms with Gasteiger partial charge < -0.3 is 5.11 Å². The van der Waals surface area contributed by atoms with Gasteiger partial charge in [0.2, 0.25) is 0 Å². The van der Waals surface area contributed by atoms with E-state index in [-0.39, 0.29) is 17.1 Å². The average molecular weight is 252 g/mol. The number of aliphatic hydroxyl groups is 1. The number of hydrogen-bond acceptors (Lipinski definition) is 1. The Morgan fingerprint density at radius 1 is 1.25 bits per heavy atom. The van der Waals surface area contributed by atoms with Crippen molar-refractivity contribution in [2.45, 2.75) is 12.5 Å². The van der Waals surface area contributed by atoms with Crippen molar-refractivity contribution in [3.8, 4) is 0 Å². The van der Waals surface area contributed by atoms with E-state index >= 15 is 0 Å². The van der Waals surface area contributed by atoms with Gasteiger partial charge in [0.1, 0.15) is 0 Å². The fourth-order valence-electron chi connectivity index (χ4n) is 1.74. The van der Waals surface area contributed by atoms with Crippen molar-refractivity contribution in [1.29, 1.82) is 0 Å². The van der Waals surface area contributed by atoms with Crippen LogP contribution in [0.2, 0.25) is 0 Å². The van der Waals surface area contributed by atoms with Gasteiger partial charge in [-0.2, -0.15) is 18.2 Å². The molecule has 0 saturated carbocycles. The maximum Gasteiger partial charge on any atom is 0.0686 e. The Balaban J connectivity index is 0.00000128. The molecular weight excluding hydrogens is 239 g/mol. The van der Waals surface area contributed by atoms with Crippen LogP contribution in [0.5, 0.6) is 0 Å². The molecule has 1 atom stereocenters. The number of benzene rings is 1. The van der Waals surface area contributed by atoms with Crippen LogP contribution in [0.15, 0.2) is 60.2 Å². The van der Waals surface area contributed by atoms with E-state index in [1.54, 1.807) is 12.2 Å². The third-order valence-electron chi connectivity index (χ3n) is 2.52. The fraction of sp³-hybridized carbons (Fsp3) is 0.143. The van der Waals surface area contributed by atoms with Crippen LogP contribution in [0.1, 0.15) is 12.5 Å². The first kappa shape index (κ1) is 13.0. The van der Waals surface area contributed by atoms with Crippen LogP contribution in [-0.4, -0.2) is 5.11 Å². The predicted octanol–water partition coefficient (Wildman–Crippen LogP) is 2.75. The second-order valence-corrected chi connectivity index (χ2v) is 3.52. The van der Waals surface area contributed by atoms with Crippen LogP contribution in [0, 0.1) is 6.08 Å². The van der Waals surface area contributed by atoms with Crippen LogP contribution >= 0.6 is 0 Å². The van der Waals surface area contributed by atoms with Crippen molar-refractivity contribution in [1.82, 2.24) is 0 Å². The molecule has 0 amide bonds. The first-order valence-corrected chi connectivity index (χ1v) is 4.99. The largest absolute Gasteiger partial charge is 0.391 e. The minimum absolute atomic E-state index is 0. The predicted molar refractivity (Wildman–Crippen MR) is 61.0 cm³/mol. The normalized spacial score (nSPS) is 23.2. The summed E-state index contributed by atoms with van der Waals surface area (Å²) in [5.74, 6) is 0. The van der Waals surface area contributed by atoms with Gasteiger partial charge in [-0.25, -0.2) is 0 Å². The third kappa shape index (κ3) is 2.19. The van der Waals surface area contributed by atoms with Gasteiger partial charge in [-0.15, -0.1) is 17.7 Å². The molecule has 0 aliphatic heterocycles. The quantitative estimate of drug-likeness (QED) is 0.634. The van der Waals surface area contributed by atoms with Gasteiger partial charge in [-0.05, 0) is 5.56 Å². The Labute approximate surface area is 107 Å². The smallest absolute Gasteiger partial charge is 0.0686 e. The molecule has 1 N–H and O–H groups in total. The Morgan fingerprint density at radius 3 is 2.56 bits per heavy atom. The van der Waals surface area contributed by atoms with Crippen molar-refractivity contribution in [3.05, 3.63) is 71.8 Å². The molecule has 0 aromatic heterocycles. The molecule has 2 rings (SSSR count). The van der Waals surface area contributed by atoms with E-state index in [0.717, 1.165) is 11.1 Å². The zero-order chi connectivity index (χ0) is 10.7. The molecule has 16 heavy (non-hydrogen) atoms. The van der Waals surface area contributed by atoms with E-state index < -0.39 is 5.60 Å². The van der Waals surface area contributed by atoms with Crippen LogP contribution in [0.25, 0.3) is 0 Å². The summed E-state index contributed by atoms with van der Waals surface area (Å²) in [6, 6.07) is 9.62. The maximum absolute atomic E-state index is 10.5. The average Bonchev–Trinajstić information content (AvgIpc) is 2.64. The molecular formula is C14H13MnO-. The number of rotatable bonds is 2. The summed E-state index contributed by atoms with van der Waals surface area (Å²) in [7, 11) is 0. The van der Waals surface area contributed by atoms with Crippen LogP contribution < -0.4 is 0 Å². The molecule has 0 bridgehead atoms. The summed E-state index contributed by atoms with van der Waals surface area (Å²) in [6.07, 6.45) is 10.4. The second kappa shape index (κ2) is 5.31. The second-order valence-electron chi connectivity index (χ2n) is 3.52. The van der Waals surface area contributed by atoms with E-state index in [9.17, 15) is 5.11 Å². The Hall–Kier alpha value is -1.08. The molecule has 1 aliphatic carbocycles. The van der Waals surface area contributed by atoms with E-state index in [1.165, 1.54) is 0 Å². The zero-order valence-electron chi connectivity index (χ0n) is 9.02. The molecule has 1 nitrogen and oxygen atoms in total. The SMILES string of the molecule is CC=CC1=[C-]C=CC1(O)c1ccccc1.[Mn]. The van der Waals surface area contributed by atoms with E-state index in [0.29, 0.717) is 0 Å². The number of allylic oxidation sites excluding steroid dienone is 3. The van der Waals surface area contributed by atoms with Crippen molar-refractivity contribution in [3.63, 3.8) is 0 Å². The summed E-state index contributed by atoms with van der Waals surface area (Å²) in [5.41, 5.74) is 0.656. The van der Waals surface area contributed by atoms with Crippen LogP contribution in [0.4, 0.5) is 0 Å². The summed E-state index contributed by atoms with van der Waals surface area (Å²) >= 11 is 0. The molecule has 2 heteroatoms. The van der Waals surface area contributed by atoms with Gasteiger partial charge in [-0.3, -0.25) is 0 Å². The van der Waals surface area contributed by atoms with Crippen molar-refractivity contribution < 1.29 is 22.2 Å². The number of hydrogen-bond donors (Lipinski definition) is 1. The molecule has 1 aliphatic rings. The zero-order valence-corrected chi connectivity index (χ0v) is 10.2. The third-order valence-corrected chi connectivity index (χ3v) is 2.52. The Morgan fingerprint density at radius 2 is 1.94 bits per heavy atom. The van der Waals surface area contributed by atoms with Gasteiger partial charge >= 0.3 is 0 Å². The minimum atomic E-state index is -1.01. The molecule has 0 saturated heterocycles. The summed E-state index contributed by atoms with van der Waals surface area (Å²) < 4.78 is 0. The van der Waals surface area contributed by atoms with Crippen LogP contribution in [0.3, 0.4) is 0 Å². The Bertz CT molecular complexity index is 431.